The Hall–Kier alpha value is -0.880. The van der Waals surface area contributed by atoms with E-state index in [9.17, 15) is 4.79 Å². The van der Waals surface area contributed by atoms with Gasteiger partial charge in [0.2, 0.25) is 0 Å². The maximum atomic E-state index is 12.1. The van der Waals surface area contributed by atoms with E-state index in [4.69, 9.17) is 5.73 Å². The third kappa shape index (κ3) is 3.36. The van der Waals surface area contributed by atoms with Crippen molar-refractivity contribution in [1.82, 2.24) is 9.78 Å². The fourth-order valence-electron chi connectivity index (χ4n) is 2.40. The molecule has 106 valence electrons. The predicted octanol–water partition coefficient (Wildman–Crippen LogP) is 2.27. The highest BCUT2D eigenvalue weighted by molar-refractivity contribution is 9.10. The van der Waals surface area contributed by atoms with Crippen LogP contribution in [0.2, 0.25) is 0 Å². The molecular weight excluding hydrogens is 308 g/mol. The summed E-state index contributed by atoms with van der Waals surface area (Å²) >= 11 is 3.38. The van der Waals surface area contributed by atoms with Gasteiger partial charge in [0.15, 0.2) is 0 Å². The van der Waals surface area contributed by atoms with Crippen LogP contribution in [-0.4, -0.2) is 21.9 Å². The second kappa shape index (κ2) is 6.05. The Labute approximate surface area is 121 Å². The SMILES string of the molecule is CC(C)n1ncc(NC2CCC(N)CC2)c(Br)c1=O. The molecule has 0 spiro atoms. The monoisotopic (exact) mass is 328 g/mol. The molecule has 0 amide bonds. The molecular formula is C13H21BrN4O. The van der Waals surface area contributed by atoms with Crippen LogP contribution in [-0.2, 0) is 0 Å². The lowest BCUT2D eigenvalue weighted by Crippen LogP contribution is -2.34. The van der Waals surface area contributed by atoms with E-state index in [2.05, 4.69) is 26.3 Å². The number of nitrogens with one attached hydrogen (secondary N) is 1. The van der Waals surface area contributed by atoms with Crippen molar-refractivity contribution in [2.75, 3.05) is 5.32 Å². The molecule has 0 unspecified atom stereocenters. The Bertz CT molecular complexity index is 492. The molecule has 2 rings (SSSR count). The molecule has 0 bridgehead atoms. The van der Waals surface area contributed by atoms with Crippen molar-refractivity contribution in [3.05, 3.63) is 21.0 Å². The van der Waals surface area contributed by atoms with Crippen molar-refractivity contribution in [2.45, 2.75) is 57.7 Å². The minimum atomic E-state index is -0.0903. The van der Waals surface area contributed by atoms with Gasteiger partial charge in [-0.05, 0) is 55.5 Å². The van der Waals surface area contributed by atoms with E-state index in [0.29, 0.717) is 16.6 Å². The number of hydrogen-bond donors (Lipinski definition) is 2. The Morgan fingerprint density at radius 1 is 1.42 bits per heavy atom. The van der Waals surface area contributed by atoms with Crippen molar-refractivity contribution >= 4 is 21.6 Å². The maximum absolute atomic E-state index is 12.1. The van der Waals surface area contributed by atoms with Crippen LogP contribution in [0.15, 0.2) is 15.5 Å². The van der Waals surface area contributed by atoms with Gasteiger partial charge in [-0.2, -0.15) is 5.10 Å². The fraction of sp³-hybridized carbons (Fsp3) is 0.692. The average Bonchev–Trinajstić information content (AvgIpc) is 2.37. The van der Waals surface area contributed by atoms with Crippen LogP contribution in [0.3, 0.4) is 0 Å². The van der Waals surface area contributed by atoms with Gasteiger partial charge < -0.3 is 11.1 Å². The highest BCUT2D eigenvalue weighted by Crippen LogP contribution is 2.24. The largest absolute Gasteiger partial charge is 0.380 e. The van der Waals surface area contributed by atoms with Gasteiger partial charge in [-0.1, -0.05) is 0 Å². The summed E-state index contributed by atoms with van der Waals surface area (Å²) in [4.78, 5) is 12.1. The summed E-state index contributed by atoms with van der Waals surface area (Å²) in [5, 5.41) is 7.60. The van der Waals surface area contributed by atoms with Gasteiger partial charge in [0.05, 0.1) is 17.9 Å². The summed E-state index contributed by atoms with van der Waals surface area (Å²) in [6.07, 6.45) is 5.87. The summed E-state index contributed by atoms with van der Waals surface area (Å²) in [6.45, 7) is 3.88. The number of nitrogens with two attached hydrogens (primary N) is 1. The zero-order valence-corrected chi connectivity index (χ0v) is 13.0. The molecule has 0 aliphatic heterocycles. The maximum Gasteiger partial charge on any atom is 0.283 e. The van der Waals surface area contributed by atoms with Gasteiger partial charge in [-0.3, -0.25) is 4.79 Å². The minimum Gasteiger partial charge on any atom is -0.380 e. The number of hydrogen-bond acceptors (Lipinski definition) is 4. The summed E-state index contributed by atoms with van der Waals surface area (Å²) in [5.41, 5.74) is 6.58. The van der Waals surface area contributed by atoms with Crippen molar-refractivity contribution in [3.63, 3.8) is 0 Å². The molecule has 1 aliphatic carbocycles. The van der Waals surface area contributed by atoms with Crippen LogP contribution in [0.4, 0.5) is 5.69 Å². The molecule has 1 aromatic rings. The van der Waals surface area contributed by atoms with Crippen LogP contribution in [0.25, 0.3) is 0 Å². The first kappa shape index (κ1) is 14.5. The molecule has 19 heavy (non-hydrogen) atoms. The summed E-state index contributed by atoms with van der Waals surface area (Å²) in [7, 11) is 0. The van der Waals surface area contributed by atoms with Gasteiger partial charge >= 0.3 is 0 Å². The molecule has 1 saturated carbocycles. The molecule has 1 aromatic heterocycles. The first-order chi connectivity index (χ1) is 8.99. The van der Waals surface area contributed by atoms with Crippen LogP contribution < -0.4 is 16.6 Å². The van der Waals surface area contributed by atoms with Crippen molar-refractivity contribution in [3.8, 4) is 0 Å². The fourth-order valence-corrected chi connectivity index (χ4v) is 2.80. The summed E-state index contributed by atoms with van der Waals surface area (Å²) in [5.74, 6) is 0. The van der Waals surface area contributed by atoms with Gasteiger partial charge in [-0.25, -0.2) is 4.68 Å². The van der Waals surface area contributed by atoms with Crippen LogP contribution in [0.1, 0.15) is 45.6 Å². The molecule has 1 fully saturated rings. The second-order valence-electron chi connectivity index (χ2n) is 5.47. The smallest absolute Gasteiger partial charge is 0.283 e. The topological polar surface area (TPSA) is 72.9 Å². The number of anilines is 1. The van der Waals surface area contributed by atoms with Crippen LogP contribution in [0, 0.1) is 0 Å². The van der Waals surface area contributed by atoms with Gasteiger partial charge in [0.25, 0.3) is 5.56 Å². The van der Waals surface area contributed by atoms with Crippen molar-refractivity contribution in [2.24, 2.45) is 5.73 Å². The molecule has 3 N–H and O–H groups in total. The number of halogens is 1. The Balaban J connectivity index is 2.13. The van der Waals surface area contributed by atoms with E-state index < -0.39 is 0 Å². The first-order valence-corrected chi connectivity index (χ1v) is 7.57. The zero-order chi connectivity index (χ0) is 14.0. The lowest BCUT2D eigenvalue weighted by atomic mass is 9.92. The Morgan fingerprint density at radius 2 is 2.05 bits per heavy atom. The number of nitrogens with zero attached hydrogens (tertiary/aromatic N) is 2. The van der Waals surface area contributed by atoms with E-state index >= 15 is 0 Å². The minimum absolute atomic E-state index is 0.0607. The number of aromatic nitrogens is 2. The third-order valence-corrected chi connectivity index (χ3v) is 4.33. The van der Waals surface area contributed by atoms with Gasteiger partial charge in [-0.15, -0.1) is 0 Å². The quantitative estimate of drug-likeness (QED) is 0.892. The molecule has 0 atom stereocenters. The lowest BCUT2D eigenvalue weighted by molar-refractivity contribution is 0.410. The highest BCUT2D eigenvalue weighted by atomic mass is 79.9. The molecule has 0 radical (unpaired) electrons. The molecule has 0 saturated heterocycles. The van der Waals surface area contributed by atoms with Crippen molar-refractivity contribution in [1.29, 1.82) is 0 Å². The molecule has 0 aromatic carbocycles. The van der Waals surface area contributed by atoms with E-state index in [1.807, 2.05) is 13.8 Å². The predicted molar refractivity (Wildman–Crippen MR) is 80.4 cm³/mol. The van der Waals surface area contributed by atoms with E-state index in [0.717, 1.165) is 31.4 Å². The third-order valence-electron chi connectivity index (χ3n) is 3.56. The van der Waals surface area contributed by atoms with E-state index in [1.54, 1.807) is 6.20 Å². The average molecular weight is 329 g/mol. The highest BCUT2D eigenvalue weighted by Gasteiger charge is 2.20. The summed E-state index contributed by atoms with van der Waals surface area (Å²) < 4.78 is 2.04. The van der Waals surface area contributed by atoms with Gasteiger partial charge in [0, 0.05) is 12.1 Å². The molecule has 5 nitrogen and oxygen atoms in total. The second-order valence-corrected chi connectivity index (χ2v) is 6.26. The lowest BCUT2D eigenvalue weighted by Gasteiger charge is -2.27. The molecule has 1 heterocycles. The van der Waals surface area contributed by atoms with E-state index in [1.165, 1.54) is 4.68 Å². The first-order valence-electron chi connectivity index (χ1n) is 6.78. The Kier molecular flexibility index (Phi) is 4.62. The zero-order valence-electron chi connectivity index (χ0n) is 11.4. The van der Waals surface area contributed by atoms with Crippen molar-refractivity contribution < 1.29 is 0 Å². The van der Waals surface area contributed by atoms with Crippen LogP contribution >= 0.6 is 15.9 Å². The van der Waals surface area contributed by atoms with E-state index in [-0.39, 0.29) is 11.6 Å². The standard InChI is InChI=1S/C13H21BrN4O/c1-8(2)18-13(19)12(14)11(7-16-18)17-10-5-3-9(15)4-6-10/h7-10,17H,3-6,15H2,1-2H3. The molecule has 1 aliphatic rings. The summed E-state index contributed by atoms with van der Waals surface area (Å²) in [6, 6.07) is 0.770. The Morgan fingerprint density at radius 3 is 2.63 bits per heavy atom. The van der Waals surface area contributed by atoms with Crippen LogP contribution in [0.5, 0.6) is 0 Å². The number of rotatable bonds is 3. The molecule has 6 heteroatoms. The normalized spacial score (nSPS) is 23.6. The van der Waals surface area contributed by atoms with Gasteiger partial charge in [0.1, 0.15) is 4.47 Å².